The molecule has 0 spiro atoms. The van der Waals surface area contributed by atoms with Crippen molar-refractivity contribution in [1.29, 1.82) is 0 Å². The number of nitrogens with zero attached hydrogens (tertiary/aromatic N) is 2. The van der Waals surface area contributed by atoms with Gasteiger partial charge in [0.1, 0.15) is 11.6 Å². The average molecular weight is 287 g/mol. The number of hydrogen-bond donors (Lipinski definition) is 1. The summed E-state index contributed by atoms with van der Waals surface area (Å²) < 4.78 is 6.00. The molecule has 0 radical (unpaired) electrons. The number of benzene rings is 1. The lowest BCUT2D eigenvalue weighted by molar-refractivity contribution is 0.210. The smallest absolute Gasteiger partial charge is 0.172 e. The van der Waals surface area contributed by atoms with Gasteiger partial charge in [-0.05, 0) is 18.6 Å². The van der Waals surface area contributed by atoms with Crippen LogP contribution in [0.5, 0.6) is 5.75 Å². The van der Waals surface area contributed by atoms with Crippen LogP contribution in [0.2, 0.25) is 0 Å². The number of nitrogens with two attached hydrogens (primary N) is 1. The van der Waals surface area contributed by atoms with Crippen LogP contribution < -0.4 is 10.5 Å². The Kier molecular flexibility index (Phi) is 3.78. The van der Waals surface area contributed by atoms with Crippen LogP contribution in [0.25, 0.3) is 0 Å². The van der Waals surface area contributed by atoms with Crippen LogP contribution in [-0.2, 0) is 6.42 Å². The van der Waals surface area contributed by atoms with Crippen LogP contribution >= 0.6 is 11.8 Å². The van der Waals surface area contributed by atoms with Gasteiger partial charge in [0.25, 0.3) is 0 Å². The number of thioether (sulfide) groups is 1. The van der Waals surface area contributed by atoms with Crippen molar-refractivity contribution in [2.45, 2.75) is 30.8 Å². The van der Waals surface area contributed by atoms with Crippen molar-refractivity contribution in [1.82, 2.24) is 9.97 Å². The van der Waals surface area contributed by atoms with E-state index in [1.807, 2.05) is 24.3 Å². The van der Waals surface area contributed by atoms with Crippen LogP contribution in [0.15, 0.2) is 35.2 Å². The molecular weight excluding hydrogens is 270 g/mol. The Morgan fingerprint density at radius 2 is 2.20 bits per heavy atom. The molecule has 104 valence electrons. The zero-order chi connectivity index (χ0) is 13.9. The lowest BCUT2D eigenvalue weighted by atomic mass is 10.2. The average Bonchev–Trinajstić information content (AvgIpc) is 2.46. The predicted octanol–water partition coefficient (Wildman–Crippen LogP) is 3.24. The fourth-order valence-electron chi connectivity index (χ4n) is 2.21. The lowest BCUT2D eigenvalue weighted by Gasteiger charge is -2.24. The molecule has 2 N–H and O–H groups in total. The van der Waals surface area contributed by atoms with Crippen molar-refractivity contribution in [3.8, 4) is 5.75 Å². The maximum atomic E-state index is 6.00. The van der Waals surface area contributed by atoms with Gasteiger partial charge in [0.05, 0.1) is 0 Å². The highest BCUT2D eigenvalue weighted by molar-refractivity contribution is 7.99. The molecule has 2 heterocycles. The molecule has 5 heteroatoms. The second-order valence-corrected chi connectivity index (χ2v) is 5.82. The largest absolute Gasteiger partial charge is 0.480 e. The summed E-state index contributed by atoms with van der Waals surface area (Å²) in [6.45, 7) is 2.13. The predicted molar refractivity (Wildman–Crippen MR) is 81.0 cm³/mol. The summed E-state index contributed by atoms with van der Waals surface area (Å²) in [7, 11) is 0. The standard InChI is InChI=1S/C15H17N3OS/c1-2-5-10-8-14(16)18-15(17-10)12-9-20-13-7-4-3-6-11(13)19-12/h3-4,6-8,12H,2,5,9H2,1H3,(H2,16,17,18). The van der Waals surface area contributed by atoms with E-state index in [1.54, 1.807) is 11.8 Å². The van der Waals surface area contributed by atoms with Crippen molar-refractivity contribution < 1.29 is 4.74 Å². The second kappa shape index (κ2) is 5.71. The lowest BCUT2D eigenvalue weighted by Crippen LogP contribution is -2.19. The third kappa shape index (κ3) is 2.72. The molecule has 20 heavy (non-hydrogen) atoms. The Morgan fingerprint density at radius 3 is 3.05 bits per heavy atom. The first-order valence-electron chi connectivity index (χ1n) is 6.78. The minimum Gasteiger partial charge on any atom is -0.480 e. The topological polar surface area (TPSA) is 61.0 Å². The Bertz CT molecular complexity index is 618. The van der Waals surface area contributed by atoms with Crippen LogP contribution in [0.3, 0.4) is 0 Å². The summed E-state index contributed by atoms with van der Waals surface area (Å²) >= 11 is 1.77. The number of anilines is 1. The summed E-state index contributed by atoms with van der Waals surface area (Å²) in [4.78, 5) is 10.1. The van der Waals surface area contributed by atoms with E-state index in [9.17, 15) is 0 Å². The fraction of sp³-hybridized carbons (Fsp3) is 0.333. The van der Waals surface area contributed by atoms with E-state index in [2.05, 4.69) is 23.0 Å². The summed E-state index contributed by atoms with van der Waals surface area (Å²) in [5, 5.41) is 0. The number of hydrogen-bond acceptors (Lipinski definition) is 5. The minimum atomic E-state index is -0.131. The van der Waals surface area contributed by atoms with Gasteiger partial charge in [0.2, 0.25) is 0 Å². The van der Waals surface area contributed by atoms with E-state index < -0.39 is 0 Å². The highest BCUT2D eigenvalue weighted by atomic mass is 32.2. The minimum absolute atomic E-state index is 0.131. The Balaban J connectivity index is 1.87. The molecule has 1 aromatic carbocycles. The number of fused-ring (bicyclic) bond motifs is 1. The zero-order valence-electron chi connectivity index (χ0n) is 11.4. The van der Waals surface area contributed by atoms with E-state index >= 15 is 0 Å². The first-order valence-corrected chi connectivity index (χ1v) is 7.76. The molecule has 1 aliphatic rings. The number of ether oxygens (including phenoxy) is 1. The molecule has 4 nitrogen and oxygen atoms in total. The number of nitrogen functional groups attached to an aromatic ring is 1. The number of aromatic nitrogens is 2. The molecule has 2 aromatic rings. The maximum Gasteiger partial charge on any atom is 0.172 e. The highest BCUT2D eigenvalue weighted by Gasteiger charge is 2.24. The zero-order valence-corrected chi connectivity index (χ0v) is 12.2. The van der Waals surface area contributed by atoms with Gasteiger partial charge in [0, 0.05) is 22.4 Å². The van der Waals surface area contributed by atoms with Crippen molar-refractivity contribution in [2.75, 3.05) is 11.5 Å². The molecule has 1 unspecified atom stereocenters. The summed E-state index contributed by atoms with van der Waals surface area (Å²) in [6, 6.07) is 9.89. The SMILES string of the molecule is CCCc1cc(N)nc(C2CSc3ccccc3O2)n1. The molecule has 1 atom stereocenters. The van der Waals surface area contributed by atoms with Gasteiger partial charge < -0.3 is 10.5 Å². The first kappa shape index (κ1) is 13.2. The molecule has 0 saturated heterocycles. The van der Waals surface area contributed by atoms with E-state index in [1.165, 1.54) is 4.90 Å². The first-order chi connectivity index (χ1) is 9.76. The molecule has 1 aromatic heterocycles. The number of para-hydroxylation sites is 1. The van der Waals surface area contributed by atoms with Gasteiger partial charge in [-0.2, -0.15) is 0 Å². The van der Waals surface area contributed by atoms with Crippen LogP contribution in [0.4, 0.5) is 5.82 Å². The molecular formula is C15H17N3OS. The Labute approximate surface area is 122 Å². The molecule has 0 bridgehead atoms. The molecule has 0 fully saturated rings. The van der Waals surface area contributed by atoms with Crippen LogP contribution in [-0.4, -0.2) is 15.7 Å². The molecule has 0 amide bonds. The van der Waals surface area contributed by atoms with E-state index in [0.29, 0.717) is 11.6 Å². The normalized spacial score (nSPS) is 17.4. The highest BCUT2D eigenvalue weighted by Crippen LogP contribution is 2.39. The molecule has 0 aliphatic carbocycles. The van der Waals surface area contributed by atoms with E-state index in [4.69, 9.17) is 10.5 Å². The third-order valence-electron chi connectivity index (χ3n) is 3.12. The maximum absolute atomic E-state index is 6.00. The third-order valence-corrected chi connectivity index (χ3v) is 4.24. The van der Waals surface area contributed by atoms with Gasteiger partial charge in [-0.1, -0.05) is 25.5 Å². The second-order valence-electron chi connectivity index (χ2n) is 4.76. The van der Waals surface area contributed by atoms with E-state index in [-0.39, 0.29) is 6.10 Å². The monoisotopic (exact) mass is 287 g/mol. The van der Waals surface area contributed by atoms with Crippen LogP contribution in [0.1, 0.15) is 31.0 Å². The number of aryl methyl sites for hydroxylation is 1. The van der Waals surface area contributed by atoms with Crippen molar-refractivity contribution >= 4 is 17.6 Å². The molecule has 0 saturated carbocycles. The quantitative estimate of drug-likeness (QED) is 0.939. The van der Waals surface area contributed by atoms with Crippen molar-refractivity contribution in [2.24, 2.45) is 0 Å². The van der Waals surface area contributed by atoms with Crippen molar-refractivity contribution in [3.05, 3.63) is 41.9 Å². The number of rotatable bonds is 3. The summed E-state index contributed by atoms with van der Waals surface area (Å²) in [5.41, 5.74) is 6.87. The Morgan fingerprint density at radius 1 is 1.35 bits per heavy atom. The van der Waals surface area contributed by atoms with Gasteiger partial charge in [0.15, 0.2) is 11.9 Å². The van der Waals surface area contributed by atoms with Gasteiger partial charge in [-0.15, -0.1) is 11.8 Å². The van der Waals surface area contributed by atoms with E-state index in [0.717, 1.165) is 30.0 Å². The molecule has 1 aliphatic heterocycles. The molecule has 3 rings (SSSR count). The van der Waals surface area contributed by atoms with Crippen molar-refractivity contribution in [3.63, 3.8) is 0 Å². The Hall–Kier alpha value is -1.75. The van der Waals surface area contributed by atoms with Gasteiger partial charge in [-0.25, -0.2) is 9.97 Å². The summed E-state index contributed by atoms with van der Waals surface area (Å²) in [6.07, 6.45) is 1.82. The van der Waals surface area contributed by atoms with Gasteiger partial charge >= 0.3 is 0 Å². The van der Waals surface area contributed by atoms with Crippen LogP contribution in [0, 0.1) is 0 Å². The fourth-order valence-corrected chi connectivity index (χ4v) is 3.20. The summed E-state index contributed by atoms with van der Waals surface area (Å²) in [5.74, 6) is 2.92. The van der Waals surface area contributed by atoms with Gasteiger partial charge in [-0.3, -0.25) is 0 Å².